The van der Waals surface area contributed by atoms with E-state index in [-0.39, 0.29) is 42.2 Å². The summed E-state index contributed by atoms with van der Waals surface area (Å²) >= 11 is 0. The van der Waals surface area contributed by atoms with Crippen LogP contribution in [-0.2, 0) is 25.6 Å². The highest BCUT2D eigenvalue weighted by Crippen LogP contribution is 2.47. The van der Waals surface area contributed by atoms with Crippen LogP contribution < -0.4 is 19.5 Å². The lowest BCUT2D eigenvalue weighted by Gasteiger charge is -2.34. The van der Waals surface area contributed by atoms with Gasteiger partial charge in [0, 0.05) is 49.0 Å². The molecule has 0 aromatic heterocycles. The standard InChI is InChI=1S/C41H44N2O9/c1-42-39(46)16-9-31(26-44)43-25-30-23-34(13-15-35(30)41(43)47)51-22-20-49-18-17-48-19-21-50-33-11-7-29(8-12-33)40-36-14-10-32(45)24-38(36)52-27-37(40)28-5-3-2-4-6-28/h2-8,10-15,23-24,26,31,37,40,45H,9,16-22,25,27H2,1H3,(H,42,46). The van der Waals surface area contributed by atoms with Gasteiger partial charge in [-0.2, -0.15) is 0 Å². The van der Waals surface area contributed by atoms with Crippen LogP contribution in [0, 0.1) is 0 Å². The Balaban J connectivity index is 0.882. The molecule has 0 bridgehead atoms. The zero-order chi connectivity index (χ0) is 36.3. The van der Waals surface area contributed by atoms with Gasteiger partial charge in [0.2, 0.25) is 5.91 Å². The van der Waals surface area contributed by atoms with Gasteiger partial charge < -0.3 is 43.8 Å². The minimum atomic E-state index is -0.663. The summed E-state index contributed by atoms with van der Waals surface area (Å²) in [5.74, 6) is 2.05. The number of aldehydes is 1. The monoisotopic (exact) mass is 708 g/mol. The van der Waals surface area contributed by atoms with Crippen LogP contribution in [0.25, 0.3) is 0 Å². The number of phenols is 1. The smallest absolute Gasteiger partial charge is 0.255 e. The molecular weight excluding hydrogens is 664 g/mol. The normalized spacial score (nSPS) is 16.7. The molecule has 2 heterocycles. The average molecular weight is 709 g/mol. The third kappa shape index (κ3) is 8.90. The van der Waals surface area contributed by atoms with E-state index in [2.05, 4.69) is 29.6 Å². The highest BCUT2D eigenvalue weighted by Gasteiger charge is 2.34. The van der Waals surface area contributed by atoms with Crippen molar-refractivity contribution in [2.24, 2.45) is 0 Å². The minimum absolute atomic E-state index is 0.0648. The van der Waals surface area contributed by atoms with Gasteiger partial charge in [0.1, 0.15) is 42.5 Å². The van der Waals surface area contributed by atoms with E-state index in [9.17, 15) is 19.5 Å². The summed E-state index contributed by atoms with van der Waals surface area (Å²) in [6.07, 6.45) is 1.16. The first-order chi connectivity index (χ1) is 25.4. The van der Waals surface area contributed by atoms with E-state index in [1.807, 2.05) is 42.5 Å². The van der Waals surface area contributed by atoms with Crippen molar-refractivity contribution in [3.63, 3.8) is 0 Å². The second kappa shape index (κ2) is 17.7. The highest BCUT2D eigenvalue weighted by atomic mass is 16.6. The van der Waals surface area contributed by atoms with Crippen molar-refractivity contribution in [3.8, 4) is 23.0 Å². The molecule has 3 atom stereocenters. The molecule has 2 N–H and O–H groups in total. The van der Waals surface area contributed by atoms with Gasteiger partial charge in [-0.3, -0.25) is 9.59 Å². The summed E-state index contributed by atoms with van der Waals surface area (Å²) < 4.78 is 29.1. The number of phenolic OH excluding ortho intramolecular Hbond substituents is 1. The van der Waals surface area contributed by atoms with E-state index in [0.717, 1.165) is 28.7 Å². The van der Waals surface area contributed by atoms with Crippen LogP contribution in [0.15, 0.2) is 91.0 Å². The number of carbonyl (C=O) groups is 3. The second-order valence-corrected chi connectivity index (χ2v) is 12.7. The summed E-state index contributed by atoms with van der Waals surface area (Å²) in [5, 5.41) is 12.6. The molecule has 11 heteroatoms. The molecule has 0 spiro atoms. The van der Waals surface area contributed by atoms with Crippen molar-refractivity contribution in [2.45, 2.75) is 37.3 Å². The third-order valence-electron chi connectivity index (χ3n) is 9.40. The number of carbonyl (C=O) groups excluding carboxylic acids is 3. The van der Waals surface area contributed by atoms with Gasteiger partial charge in [-0.25, -0.2) is 0 Å². The van der Waals surface area contributed by atoms with Crippen LogP contribution in [0.2, 0.25) is 0 Å². The predicted molar refractivity (Wildman–Crippen MR) is 193 cm³/mol. The first kappa shape index (κ1) is 36.4. The van der Waals surface area contributed by atoms with Gasteiger partial charge >= 0.3 is 0 Å². The Morgan fingerprint density at radius 2 is 1.58 bits per heavy atom. The maximum absolute atomic E-state index is 12.9. The van der Waals surface area contributed by atoms with Crippen molar-refractivity contribution in [3.05, 3.63) is 119 Å². The number of nitrogens with one attached hydrogen (secondary N) is 1. The number of aromatic hydroxyl groups is 1. The molecular formula is C41H44N2O9. The Labute approximate surface area is 303 Å². The minimum Gasteiger partial charge on any atom is -0.508 e. The molecule has 52 heavy (non-hydrogen) atoms. The van der Waals surface area contributed by atoms with Crippen LogP contribution in [0.4, 0.5) is 0 Å². The van der Waals surface area contributed by atoms with E-state index in [1.165, 1.54) is 17.5 Å². The number of nitrogens with zero attached hydrogens (tertiary/aromatic N) is 1. The summed E-state index contributed by atoms with van der Waals surface area (Å²) in [6, 6.07) is 28.4. The topological polar surface area (TPSA) is 133 Å². The zero-order valence-corrected chi connectivity index (χ0v) is 29.2. The lowest BCUT2D eigenvalue weighted by Crippen LogP contribution is -2.37. The van der Waals surface area contributed by atoms with Crippen LogP contribution in [0.5, 0.6) is 23.0 Å². The Morgan fingerprint density at radius 3 is 2.29 bits per heavy atom. The van der Waals surface area contributed by atoms with Crippen molar-refractivity contribution in [1.29, 1.82) is 0 Å². The number of amides is 2. The number of fused-ring (bicyclic) bond motifs is 2. The Hall–Kier alpha value is -5.39. The van der Waals surface area contributed by atoms with Crippen molar-refractivity contribution in [2.75, 3.05) is 53.3 Å². The molecule has 0 aliphatic carbocycles. The molecule has 2 amide bonds. The van der Waals surface area contributed by atoms with Crippen molar-refractivity contribution >= 4 is 18.1 Å². The number of ether oxygens (including phenoxy) is 5. The molecule has 2 aliphatic heterocycles. The van der Waals surface area contributed by atoms with Crippen LogP contribution in [-0.4, -0.2) is 87.4 Å². The molecule has 0 saturated carbocycles. The molecule has 4 aromatic carbocycles. The molecule has 2 aliphatic rings. The van der Waals surface area contributed by atoms with Gasteiger partial charge in [-0.05, 0) is 59.5 Å². The molecule has 6 rings (SSSR count). The first-order valence-corrected chi connectivity index (χ1v) is 17.6. The van der Waals surface area contributed by atoms with Crippen LogP contribution >= 0.6 is 0 Å². The quantitative estimate of drug-likeness (QED) is 0.105. The third-order valence-corrected chi connectivity index (χ3v) is 9.40. The number of benzene rings is 4. The summed E-state index contributed by atoms with van der Waals surface area (Å²) in [7, 11) is 1.54. The SMILES string of the molecule is CNC(=O)CCC(C=O)N1Cc2cc(OCCOCCOCCOc3ccc(C4c5ccc(O)cc5OCC4c4ccccc4)cc3)ccc2C1=O. The Morgan fingerprint density at radius 1 is 0.885 bits per heavy atom. The van der Waals surface area contributed by atoms with Crippen molar-refractivity contribution in [1.82, 2.24) is 10.2 Å². The molecule has 0 fully saturated rings. The van der Waals surface area contributed by atoms with Gasteiger partial charge in [0.15, 0.2) is 0 Å². The number of rotatable bonds is 18. The molecule has 4 aromatic rings. The Kier molecular flexibility index (Phi) is 12.4. The van der Waals surface area contributed by atoms with E-state index >= 15 is 0 Å². The largest absolute Gasteiger partial charge is 0.508 e. The number of hydrogen-bond donors (Lipinski definition) is 2. The van der Waals surface area contributed by atoms with E-state index in [0.29, 0.717) is 69.9 Å². The Bertz CT molecular complexity index is 1820. The fourth-order valence-corrected chi connectivity index (χ4v) is 6.71. The van der Waals surface area contributed by atoms with Gasteiger partial charge in [0.25, 0.3) is 5.91 Å². The van der Waals surface area contributed by atoms with Gasteiger partial charge in [-0.15, -0.1) is 0 Å². The molecule has 3 unspecified atom stereocenters. The van der Waals surface area contributed by atoms with E-state index in [4.69, 9.17) is 23.7 Å². The zero-order valence-electron chi connectivity index (χ0n) is 29.2. The van der Waals surface area contributed by atoms with Gasteiger partial charge in [0.05, 0.1) is 39.1 Å². The maximum atomic E-state index is 12.9. The second-order valence-electron chi connectivity index (χ2n) is 12.7. The summed E-state index contributed by atoms with van der Waals surface area (Å²) in [4.78, 5) is 37.6. The van der Waals surface area contributed by atoms with Crippen molar-refractivity contribution < 1.29 is 43.2 Å². The van der Waals surface area contributed by atoms with E-state index < -0.39 is 6.04 Å². The lowest BCUT2D eigenvalue weighted by atomic mass is 9.76. The molecule has 272 valence electrons. The first-order valence-electron chi connectivity index (χ1n) is 17.6. The van der Waals surface area contributed by atoms with Gasteiger partial charge in [-0.1, -0.05) is 48.5 Å². The maximum Gasteiger partial charge on any atom is 0.255 e. The lowest BCUT2D eigenvalue weighted by molar-refractivity contribution is -0.121. The fourth-order valence-electron chi connectivity index (χ4n) is 6.71. The summed E-state index contributed by atoms with van der Waals surface area (Å²) in [6.45, 7) is 3.13. The molecule has 0 radical (unpaired) electrons. The summed E-state index contributed by atoms with van der Waals surface area (Å²) in [5.41, 5.74) is 4.71. The fraction of sp³-hybridized carbons (Fsp3) is 0.341. The molecule has 11 nitrogen and oxygen atoms in total. The van der Waals surface area contributed by atoms with Crippen LogP contribution in [0.3, 0.4) is 0 Å². The van der Waals surface area contributed by atoms with E-state index in [1.54, 1.807) is 24.3 Å². The predicted octanol–water partition coefficient (Wildman–Crippen LogP) is 5.24. The van der Waals surface area contributed by atoms with Crippen LogP contribution in [0.1, 0.15) is 57.3 Å². The number of hydrogen-bond acceptors (Lipinski definition) is 9. The highest BCUT2D eigenvalue weighted by molar-refractivity contribution is 6.00. The average Bonchev–Trinajstić information content (AvgIpc) is 3.50. The molecule has 0 saturated heterocycles.